The van der Waals surface area contributed by atoms with Crippen LogP contribution in [0.4, 0.5) is 0 Å². The van der Waals surface area contributed by atoms with E-state index in [1.807, 2.05) is 18.2 Å². The van der Waals surface area contributed by atoms with Crippen LogP contribution >= 0.6 is 11.6 Å². The van der Waals surface area contributed by atoms with Gasteiger partial charge in [0.1, 0.15) is 0 Å². The van der Waals surface area contributed by atoms with Crippen LogP contribution in [0.1, 0.15) is 18.7 Å². The number of halogens is 1. The largest absolute Gasteiger partial charge is 0.337 e. The fraction of sp³-hybridized carbons (Fsp3) is 0.273. The van der Waals surface area contributed by atoms with E-state index in [1.165, 1.54) is 0 Å². The molecule has 2 N–H and O–H groups in total. The third kappa shape index (κ3) is 1.50. The van der Waals surface area contributed by atoms with Crippen molar-refractivity contribution in [2.45, 2.75) is 18.4 Å². The fourth-order valence-corrected chi connectivity index (χ4v) is 1.75. The van der Waals surface area contributed by atoms with Gasteiger partial charge in [-0.25, -0.2) is 0 Å². The van der Waals surface area contributed by atoms with E-state index in [1.54, 1.807) is 6.07 Å². The molecule has 0 radical (unpaired) electrons. The molecule has 0 atom stereocenters. The zero-order valence-electron chi connectivity index (χ0n) is 8.48. The molecule has 1 aliphatic rings. The molecule has 16 heavy (non-hydrogen) atoms. The van der Waals surface area contributed by atoms with Gasteiger partial charge >= 0.3 is 0 Å². The molecule has 0 saturated heterocycles. The van der Waals surface area contributed by atoms with Gasteiger partial charge in [-0.2, -0.15) is 4.98 Å². The number of hydrogen-bond donors (Lipinski definition) is 1. The summed E-state index contributed by atoms with van der Waals surface area (Å²) in [5.41, 5.74) is 6.34. The fourth-order valence-electron chi connectivity index (χ4n) is 1.53. The van der Waals surface area contributed by atoms with E-state index in [0.717, 1.165) is 18.4 Å². The van der Waals surface area contributed by atoms with Crippen LogP contribution in [-0.2, 0) is 5.54 Å². The lowest BCUT2D eigenvalue weighted by molar-refractivity contribution is 0.348. The maximum Gasteiger partial charge on any atom is 0.247 e. The van der Waals surface area contributed by atoms with Gasteiger partial charge in [-0.1, -0.05) is 28.9 Å². The van der Waals surface area contributed by atoms with Crippen LogP contribution in [-0.4, -0.2) is 10.1 Å². The molecular formula is C11H10ClN3O. The summed E-state index contributed by atoms with van der Waals surface area (Å²) < 4.78 is 5.16. The molecule has 3 rings (SSSR count). The molecule has 5 heteroatoms. The van der Waals surface area contributed by atoms with Crippen molar-refractivity contribution in [1.82, 2.24) is 10.1 Å². The van der Waals surface area contributed by atoms with Crippen molar-refractivity contribution in [3.05, 3.63) is 35.2 Å². The van der Waals surface area contributed by atoms with Gasteiger partial charge in [-0.15, -0.1) is 0 Å². The minimum absolute atomic E-state index is 0.396. The first kappa shape index (κ1) is 9.81. The van der Waals surface area contributed by atoms with Gasteiger partial charge < -0.3 is 10.3 Å². The highest BCUT2D eigenvalue weighted by molar-refractivity contribution is 6.33. The van der Waals surface area contributed by atoms with Crippen LogP contribution < -0.4 is 5.73 Å². The average Bonchev–Trinajstić information content (AvgIpc) is 2.84. The number of nitrogens with two attached hydrogens (primary N) is 1. The highest BCUT2D eigenvalue weighted by Crippen LogP contribution is 2.42. The van der Waals surface area contributed by atoms with Gasteiger partial charge in [0.2, 0.25) is 11.7 Å². The molecular weight excluding hydrogens is 226 g/mol. The van der Waals surface area contributed by atoms with Gasteiger partial charge in [0.15, 0.2) is 0 Å². The molecule has 82 valence electrons. The van der Waals surface area contributed by atoms with Crippen molar-refractivity contribution >= 4 is 11.6 Å². The summed E-state index contributed by atoms with van der Waals surface area (Å²) in [5.74, 6) is 1.000. The lowest BCUT2D eigenvalue weighted by Gasteiger charge is -1.98. The van der Waals surface area contributed by atoms with Crippen molar-refractivity contribution in [2.75, 3.05) is 0 Å². The molecule has 0 amide bonds. The minimum Gasteiger partial charge on any atom is -0.337 e. The van der Waals surface area contributed by atoms with E-state index in [-0.39, 0.29) is 0 Å². The normalized spacial score (nSPS) is 17.4. The summed E-state index contributed by atoms with van der Waals surface area (Å²) in [6, 6.07) is 7.39. The molecule has 0 unspecified atom stereocenters. The summed E-state index contributed by atoms with van der Waals surface area (Å²) in [7, 11) is 0. The summed E-state index contributed by atoms with van der Waals surface area (Å²) in [5, 5.41) is 4.51. The van der Waals surface area contributed by atoms with Crippen LogP contribution in [0.2, 0.25) is 5.02 Å². The van der Waals surface area contributed by atoms with Crippen LogP contribution in [0.15, 0.2) is 28.8 Å². The molecule has 0 aliphatic heterocycles. The first-order valence-electron chi connectivity index (χ1n) is 5.07. The number of nitrogens with zero attached hydrogens (tertiary/aromatic N) is 2. The average molecular weight is 236 g/mol. The van der Waals surface area contributed by atoms with Crippen molar-refractivity contribution in [3.63, 3.8) is 0 Å². The Kier molecular flexibility index (Phi) is 2.02. The lowest BCUT2D eigenvalue weighted by atomic mass is 10.2. The summed E-state index contributed by atoms with van der Waals surface area (Å²) in [6.45, 7) is 0. The molecule has 1 aromatic carbocycles. The quantitative estimate of drug-likeness (QED) is 0.868. The van der Waals surface area contributed by atoms with Gasteiger partial charge in [0, 0.05) is 5.56 Å². The van der Waals surface area contributed by atoms with E-state index in [9.17, 15) is 0 Å². The van der Waals surface area contributed by atoms with Crippen LogP contribution in [0, 0.1) is 0 Å². The van der Waals surface area contributed by atoms with E-state index in [2.05, 4.69) is 10.1 Å². The Morgan fingerprint density at radius 1 is 1.31 bits per heavy atom. The van der Waals surface area contributed by atoms with E-state index in [4.69, 9.17) is 21.9 Å². The van der Waals surface area contributed by atoms with Crippen molar-refractivity contribution in [2.24, 2.45) is 5.73 Å². The molecule has 4 nitrogen and oxygen atoms in total. The molecule has 1 saturated carbocycles. The molecule has 1 heterocycles. The number of aromatic nitrogens is 2. The van der Waals surface area contributed by atoms with Gasteiger partial charge in [-0.05, 0) is 25.0 Å². The SMILES string of the molecule is NC1(c2nc(-c3ccccc3Cl)no2)CC1. The summed E-state index contributed by atoms with van der Waals surface area (Å²) in [6.07, 6.45) is 1.80. The number of hydrogen-bond acceptors (Lipinski definition) is 4. The second-order valence-corrected chi connectivity index (χ2v) is 4.47. The maximum atomic E-state index is 6.04. The first-order chi connectivity index (χ1) is 7.69. The molecule has 1 fully saturated rings. The monoisotopic (exact) mass is 235 g/mol. The Labute approximate surface area is 97.4 Å². The zero-order chi connectivity index (χ0) is 11.2. The van der Waals surface area contributed by atoms with Crippen LogP contribution in [0.3, 0.4) is 0 Å². The van der Waals surface area contributed by atoms with Gasteiger partial charge in [-0.3, -0.25) is 0 Å². The molecule has 0 spiro atoms. The van der Waals surface area contributed by atoms with E-state index < -0.39 is 5.54 Å². The topological polar surface area (TPSA) is 64.9 Å². The van der Waals surface area contributed by atoms with Crippen LogP contribution in [0.25, 0.3) is 11.4 Å². The van der Waals surface area contributed by atoms with Gasteiger partial charge in [0.25, 0.3) is 0 Å². The van der Waals surface area contributed by atoms with Crippen molar-refractivity contribution in [1.29, 1.82) is 0 Å². The van der Waals surface area contributed by atoms with E-state index >= 15 is 0 Å². The molecule has 0 bridgehead atoms. The van der Waals surface area contributed by atoms with Gasteiger partial charge in [0.05, 0.1) is 10.6 Å². The zero-order valence-corrected chi connectivity index (χ0v) is 9.24. The van der Waals surface area contributed by atoms with E-state index in [0.29, 0.717) is 16.7 Å². The smallest absolute Gasteiger partial charge is 0.247 e. The molecule has 1 aliphatic carbocycles. The second kappa shape index (κ2) is 3.30. The number of rotatable bonds is 2. The Morgan fingerprint density at radius 2 is 2.06 bits per heavy atom. The Morgan fingerprint density at radius 3 is 2.75 bits per heavy atom. The highest BCUT2D eigenvalue weighted by atomic mass is 35.5. The standard InChI is InChI=1S/C11H10ClN3O/c12-8-4-2-1-3-7(8)9-14-10(16-15-9)11(13)5-6-11/h1-4H,5-6,13H2. The minimum atomic E-state index is -0.396. The molecule has 1 aromatic heterocycles. The van der Waals surface area contributed by atoms with Crippen molar-refractivity contribution in [3.8, 4) is 11.4 Å². The summed E-state index contributed by atoms with van der Waals surface area (Å²) in [4.78, 5) is 4.29. The van der Waals surface area contributed by atoms with Crippen molar-refractivity contribution < 1.29 is 4.52 Å². The van der Waals surface area contributed by atoms with Crippen LogP contribution in [0.5, 0.6) is 0 Å². The Bertz CT molecular complexity index is 534. The Hall–Kier alpha value is -1.39. The first-order valence-corrected chi connectivity index (χ1v) is 5.45. The Balaban J connectivity index is 2.02. The summed E-state index contributed by atoms with van der Waals surface area (Å²) >= 11 is 6.04. The lowest BCUT2D eigenvalue weighted by Crippen LogP contribution is -2.18. The maximum absolute atomic E-state index is 6.04. The second-order valence-electron chi connectivity index (χ2n) is 4.06. The predicted octanol–water partition coefficient (Wildman–Crippen LogP) is 2.34. The third-order valence-electron chi connectivity index (χ3n) is 2.76. The third-order valence-corrected chi connectivity index (χ3v) is 3.08. The number of benzene rings is 1. The predicted molar refractivity (Wildman–Crippen MR) is 59.8 cm³/mol. The highest BCUT2D eigenvalue weighted by Gasteiger charge is 2.45. The molecule has 2 aromatic rings.